The van der Waals surface area contributed by atoms with Crippen molar-refractivity contribution in [3.05, 3.63) is 90.0 Å². The van der Waals surface area contributed by atoms with Crippen LogP contribution in [-0.4, -0.2) is 84.9 Å². The SMILES string of the molecule is CC1CCCN1CCCOc1ccc(C(=O)CN2CCN(C(=O)c3ccccc3-c3ccccc3)CC2)cc1. The third-order valence-electron chi connectivity index (χ3n) is 7.99. The molecule has 3 aromatic rings. The van der Waals surface area contributed by atoms with Crippen molar-refractivity contribution in [3.8, 4) is 16.9 Å². The highest BCUT2D eigenvalue weighted by Gasteiger charge is 2.25. The largest absolute Gasteiger partial charge is 0.494 e. The summed E-state index contributed by atoms with van der Waals surface area (Å²) >= 11 is 0. The highest BCUT2D eigenvalue weighted by Crippen LogP contribution is 2.25. The number of amides is 1. The Balaban J connectivity index is 1.07. The smallest absolute Gasteiger partial charge is 0.254 e. The first-order valence-electron chi connectivity index (χ1n) is 14.2. The Bertz CT molecular complexity index is 1240. The summed E-state index contributed by atoms with van der Waals surface area (Å²) in [7, 11) is 0. The molecule has 0 N–H and O–H groups in total. The zero-order chi connectivity index (χ0) is 27.0. The quantitative estimate of drug-likeness (QED) is 0.267. The van der Waals surface area contributed by atoms with E-state index in [1.807, 2.05) is 83.8 Å². The Kier molecular flexibility index (Phi) is 9.07. The highest BCUT2D eigenvalue weighted by molar-refractivity contribution is 6.01. The predicted octanol–water partition coefficient (Wildman–Crippen LogP) is 5.25. The first kappa shape index (κ1) is 27.1. The summed E-state index contributed by atoms with van der Waals surface area (Å²) < 4.78 is 5.91. The number of carbonyl (C=O) groups excluding carboxylic acids is 2. The Labute approximate surface area is 232 Å². The number of ether oxygens (including phenoxy) is 1. The molecule has 2 aliphatic rings. The number of piperazine rings is 1. The van der Waals surface area contributed by atoms with Gasteiger partial charge in [0.15, 0.2) is 5.78 Å². The van der Waals surface area contributed by atoms with Gasteiger partial charge in [-0.25, -0.2) is 0 Å². The molecule has 2 fully saturated rings. The normalized spacial score (nSPS) is 18.3. The number of hydrogen-bond donors (Lipinski definition) is 0. The van der Waals surface area contributed by atoms with E-state index in [2.05, 4.69) is 16.7 Å². The van der Waals surface area contributed by atoms with Gasteiger partial charge < -0.3 is 14.5 Å². The molecule has 1 amide bonds. The van der Waals surface area contributed by atoms with Gasteiger partial charge in [0, 0.05) is 49.9 Å². The zero-order valence-corrected chi connectivity index (χ0v) is 22.9. The van der Waals surface area contributed by atoms with Gasteiger partial charge in [-0.3, -0.25) is 14.5 Å². The van der Waals surface area contributed by atoms with Crippen LogP contribution in [0.5, 0.6) is 5.75 Å². The minimum Gasteiger partial charge on any atom is -0.494 e. The fourth-order valence-corrected chi connectivity index (χ4v) is 5.63. The Morgan fingerprint density at radius 1 is 0.846 bits per heavy atom. The number of Topliss-reactive ketones (excluding diaryl/α,β-unsaturated/α-hetero) is 1. The predicted molar refractivity (Wildman–Crippen MR) is 155 cm³/mol. The molecule has 2 aliphatic heterocycles. The van der Waals surface area contributed by atoms with E-state index >= 15 is 0 Å². The van der Waals surface area contributed by atoms with Gasteiger partial charge in [0.25, 0.3) is 5.91 Å². The average Bonchev–Trinajstić information content (AvgIpc) is 3.40. The van der Waals surface area contributed by atoms with E-state index in [0.29, 0.717) is 50.9 Å². The second kappa shape index (κ2) is 13.0. The van der Waals surface area contributed by atoms with Crippen molar-refractivity contribution in [1.29, 1.82) is 0 Å². The maximum absolute atomic E-state index is 13.4. The lowest BCUT2D eigenvalue weighted by Crippen LogP contribution is -2.50. The number of likely N-dealkylation sites (tertiary alicyclic amines) is 1. The molecule has 204 valence electrons. The van der Waals surface area contributed by atoms with E-state index in [9.17, 15) is 9.59 Å². The third-order valence-corrected chi connectivity index (χ3v) is 7.99. The van der Waals surface area contributed by atoms with E-state index in [-0.39, 0.29) is 11.7 Å². The molecule has 0 aromatic heterocycles. The standard InChI is InChI=1S/C33H39N3O3/c1-26-9-7-18-35(26)19-8-24-39-29-16-14-28(15-17-29)32(37)25-34-20-22-36(23-21-34)33(38)31-13-6-5-12-30(31)27-10-3-2-4-11-27/h2-6,10-17,26H,7-9,18-25H2,1H3. The monoisotopic (exact) mass is 525 g/mol. The highest BCUT2D eigenvalue weighted by atomic mass is 16.5. The topological polar surface area (TPSA) is 53.1 Å². The number of carbonyl (C=O) groups is 2. The van der Waals surface area contributed by atoms with Crippen molar-refractivity contribution in [2.24, 2.45) is 0 Å². The van der Waals surface area contributed by atoms with Crippen molar-refractivity contribution >= 4 is 11.7 Å². The van der Waals surface area contributed by atoms with Crippen molar-refractivity contribution in [1.82, 2.24) is 14.7 Å². The van der Waals surface area contributed by atoms with Crippen molar-refractivity contribution in [2.45, 2.75) is 32.2 Å². The van der Waals surface area contributed by atoms with E-state index in [0.717, 1.165) is 35.4 Å². The summed E-state index contributed by atoms with van der Waals surface area (Å²) in [5.41, 5.74) is 3.41. The number of hydrogen-bond acceptors (Lipinski definition) is 5. The lowest BCUT2D eigenvalue weighted by atomic mass is 9.98. The Morgan fingerprint density at radius 3 is 2.28 bits per heavy atom. The molecule has 5 rings (SSSR count). The summed E-state index contributed by atoms with van der Waals surface area (Å²) in [6.07, 6.45) is 3.61. The van der Waals surface area contributed by atoms with Crippen LogP contribution < -0.4 is 4.74 Å². The second-order valence-corrected chi connectivity index (χ2v) is 10.7. The van der Waals surface area contributed by atoms with Crippen LogP contribution >= 0.6 is 0 Å². The average molecular weight is 526 g/mol. The first-order valence-corrected chi connectivity index (χ1v) is 14.2. The molecular weight excluding hydrogens is 486 g/mol. The van der Waals surface area contributed by atoms with Crippen LogP contribution in [-0.2, 0) is 0 Å². The summed E-state index contributed by atoms with van der Waals surface area (Å²) in [5, 5.41) is 0. The van der Waals surface area contributed by atoms with Crippen molar-refractivity contribution < 1.29 is 14.3 Å². The van der Waals surface area contributed by atoms with Crippen LogP contribution in [0.15, 0.2) is 78.9 Å². The molecule has 2 saturated heterocycles. The van der Waals surface area contributed by atoms with E-state index in [1.54, 1.807) is 0 Å². The van der Waals surface area contributed by atoms with Gasteiger partial charge in [-0.05, 0) is 74.2 Å². The lowest BCUT2D eigenvalue weighted by Gasteiger charge is -2.34. The fourth-order valence-electron chi connectivity index (χ4n) is 5.63. The molecule has 0 radical (unpaired) electrons. The number of rotatable bonds is 10. The lowest BCUT2D eigenvalue weighted by molar-refractivity contribution is 0.0625. The van der Waals surface area contributed by atoms with Crippen LogP contribution in [0, 0.1) is 0 Å². The summed E-state index contributed by atoms with van der Waals surface area (Å²) in [6, 6.07) is 26.0. The van der Waals surface area contributed by atoms with Crippen LogP contribution in [0.2, 0.25) is 0 Å². The molecule has 3 aromatic carbocycles. The van der Waals surface area contributed by atoms with Gasteiger partial charge in [0.1, 0.15) is 5.75 Å². The third kappa shape index (κ3) is 6.94. The number of benzene rings is 3. The molecule has 0 bridgehead atoms. The number of nitrogens with zero attached hydrogens (tertiary/aromatic N) is 3. The summed E-state index contributed by atoms with van der Waals surface area (Å²) in [4.78, 5) is 32.9. The maximum Gasteiger partial charge on any atom is 0.254 e. The molecule has 39 heavy (non-hydrogen) atoms. The Hall–Kier alpha value is -3.48. The molecule has 1 atom stereocenters. The van der Waals surface area contributed by atoms with Crippen molar-refractivity contribution in [2.75, 3.05) is 52.4 Å². The van der Waals surface area contributed by atoms with Crippen LogP contribution in [0.3, 0.4) is 0 Å². The molecule has 6 heteroatoms. The minimum atomic E-state index is 0.0472. The van der Waals surface area contributed by atoms with E-state index in [4.69, 9.17) is 4.74 Å². The van der Waals surface area contributed by atoms with Gasteiger partial charge >= 0.3 is 0 Å². The van der Waals surface area contributed by atoms with Crippen LogP contribution in [0.4, 0.5) is 0 Å². The van der Waals surface area contributed by atoms with Gasteiger partial charge in [-0.2, -0.15) is 0 Å². The zero-order valence-electron chi connectivity index (χ0n) is 22.9. The molecule has 6 nitrogen and oxygen atoms in total. The van der Waals surface area contributed by atoms with Gasteiger partial charge in [0.2, 0.25) is 0 Å². The fraction of sp³-hybridized carbons (Fsp3) is 0.394. The van der Waals surface area contributed by atoms with Crippen LogP contribution in [0.1, 0.15) is 46.9 Å². The first-order chi connectivity index (χ1) is 19.1. The minimum absolute atomic E-state index is 0.0472. The molecular formula is C33H39N3O3. The molecule has 0 spiro atoms. The van der Waals surface area contributed by atoms with Gasteiger partial charge in [-0.15, -0.1) is 0 Å². The van der Waals surface area contributed by atoms with E-state index < -0.39 is 0 Å². The summed E-state index contributed by atoms with van der Waals surface area (Å²) in [6.45, 7) is 8.21. The van der Waals surface area contributed by atoms with Gasteiger partial charge in [0.05, 0.1) is 13.2 Å². The van der Waals surface area contributed by atoms with Gasteiger partial charge in [-0.1, -0.05) is 48.5 Å². The van der Waals surface area contributed by atoms with E-state index in [1.165, 1.54) is 19.4 Å². The maximum atomic E-state index is 13.4. The molecule has 2 heterocycles. The Morgan fingerprint density at radius 2 is 1.56 bits per heavy atom. The molecule has 0 saturated carbocycles. The van der Waals surface area contributed by atoms with Crippen molar-refractivity contribution in [3.63, 3.8) is 0 Å². The van der Waals surface area contributed by atoms with Crippen LogP contribution in [0.25, 0.3) is 11.1 Å². The summed E-state index contributed by atoms with van der Waals surface area (Å²) in [5.74, 6) is 0.952. The second-order valence-electron chi connectivity index (χ2n) is 10.7. The molecule has 1 unspecified atom stereocenters. The molecule has 0 aliphatic carbocycles. The number of ketones is 1.